The number of hydrogen-bond acceptors (Lipinski definition) is 3. The Morgan fingerprint density at radius 2 is 2.07 bits per heavy atom. The zero-order valence-electron chi connectivity index (χ0n) is 9.08. The van der Waals surface area contributed by atoms with Crippen molar-refractivity contribution in [2.45, 2.75) is 32.1 Å². The first-order valence-corrected chi connectivity index (χ1v) is 5.80. The highest BCUT2D eigenvalue weighted by Crippen LogP contribution is 2.23. The lowest BCUT2D eigenvalue weighted by Crippen LogP contribution is -2.17. The molecule has 0 saturated heterocycles. The van der Waals surface area contributed by atoms with E-state index in [4.69, 9.17) is 5.73 Å². The second-order valence-corrected chi connectivity index (χ2v) is 4.36. The van der Waals surface area contributed by atoms with Crippen LogP contribution in [0.4, 0.5) is 11.5 Å². The largest absolute Gasteiger partial charge is 0.384 e. The Morgan fingerprint density at radius 1 is 1.27 bits per heavy atom. The SMILES string of the molecule is Nc1ccc(NCC2CCCCC2)cn1. The number of nitrogens with two attached hydrogens (primary N) is 1. The topological polar surface area (TPSA) is 50.9 Å². The van der Waals surface area contributed by atoms with Gasteiger partial charge in [0.1, 0.15) is 5.82 Å². The summed E-state index contributed by atoms with van der Waals surface area (Å²) in [7, 11) is 0. The van der Waals surface area contributed by atoms with Gasteiger partial charge < -0.3 is 11.1 Å². The van der Waals surface area contributed by atoms with Gasteiger partial charge in [0.05, 0.1) is 11.9 Å². The number of pyridine rings is 1. The van der Waals surface area contributed by atoms with Gasteiger partial charge in [-0.1, -0.05) is 19.3 Å². The van der Waals surface area contributed by atoms with Crippen molar-refractivity contribution in [2.75, 3.05) is 17.6 Å². The van der Waals surface area contributed by atoms with E-state index in [9.17, 15) is 0 Å². The quantitative estimate of drug-likeness (QED) is 0.797. The molecule has 3 N–H and O–H groups in total. The van der Waals surface area contributed by atoms with E-state index in [2.05, 4.69) is 10.3 Å². The molecule has 3 heteroatoms. The van der Waals surface area contributed by atoms with Crippen molar-refractivity contribution in [3.8, 4) is 0 Å². The summed E-state index contributed by atoms with van der Waals surface area (Å²) in [5.74, 6) is 1.43. The van der Waals surface area contributed by atoms with Crippen LogP contribution in [0.25, 0.3) is 0 Å². The second-order valence-electron chi connectivity index (χ2n) is 4.36. The van der Waals surface area contributed by atoms with E-state index in [1.807, 2.05) is 12.1 Å². The zero-order chi connectivity index (χ0) is 10.5. The van der Waals surface area contributed by atoms with Crippen LogP contribution >= 0.6 is 0 Å². The Labute approximate surface area is 91.1 Å². The van der Waals surface area contributed by atoms with Crippen LogP contribution < -0.4 is 11.1 Å². The van der Waals surface area contributed by atoms with Crippen LogP contribution in [-0.4, -0.2) is 11.5 Å². The van der Waals surface area contributed by atoms with Gasteiger partial charge in [0.2, 0.25) is 0 Å². The molecular weight excluding hydrogens is 186 g/mol. The van der Waals surface area contributed by atoms with Gasteiger partial charge in [-0.3, -0.25) is 0 Å². The van der Waals surface area contributed by atoms with Crippen molar-refractivity contribution in [3.63, 3.8) is 0 Å². The maximum atomic E-state index is 5.53. The molecule has 0 unspecified atom stereocenters. The summed E-state index contributed by atoms with van der Waals surface area (Å²) in [4.78, 5) is 4.06. The Morgan fingerprint density at radius 3 is 2.73 bits per heavy atom. The van der Waals surface area contributed by atoms with E-state index in [1.165, 1.54) is 32.1 Å². The molecule has 2 rings (SSSR count). The number of nitrogens with one attached hydrogen (secondary N) is 1. The predicted octanol–water partition coefficient (Wildman–Crippen LogP) is 2.66. The summed E-state index contributed by atoms with van der Waals surface area (Å²) >= 11 is 0. The van der Waals surface area contributed by atoms with Gasteiger partial charge in [-0.25, -0.2) is 4.98 Å². The molecule has 0 aliphatic heterocycles. The molecule has 1 aromatic rings. The van der Waals surface area contributed by atoms with Crippen LogP contribution in [0, 0.1) is 5.92 Å². The Bertz CT molecular complexity index is 288. The van der Waals surface area contributed by atoms with Gasteiger partial charge in [-0.15, -0.1) is 0 Å². The highest BCUT2D eigenvalue weighted by atomic mass is 14.9. The molecule has 1 aliphatic carbocycles. The molecule has 3 nitrogen and oxygen atoms in total. The Balaban J connectivity index is 1.79. The fraction of sp³-hybridized carbons (Fsp3) is 0.583. The summed E-state index contributed by atoms with van der Waals surface area (Å²) in [5, 5.41) is 3.42. The van der Waals surface area contributed by atoms with Crippen LogP contribution in [0.15, 0.2) is 18.3 Å². The van der Waals surface area contributed by atoms with Gasteiger partial charge in [-0.2, -0.15) is 0 Å². The molecular formula is C12H19N3. The summed E-state index contributed by atoms with van der Waals surface area (Å²) in [6.45, 7) is 1.07. The minimum atomic E-state index is 0.582. The van der Waals surface area contributed by atoms with E-state index in [1.54, 1.807) is 6.20 Å². The predicted molar refractivity (Wildman–Crippen MR) is 63.7 cm³/mol. The monoisotopic (exact) mass is 205 g/mol. The molecule has 0 aromatic carbocycles. The van der Waals surface area contributed by atoms with E-state index in [-0.39, 0.29) is 0 Å². The third kappa shape index (κ3) is 3.11. The standard InChI is InChI=1S/C12H19N3/c13-12-7-6-11(9-15-12)14-8-10-4-2-1-3-5-10/h6-7,9-10,14H,1-5,8H2,(H2,13,15). The van der Waals surface area contributed by atoms with Crippen LogP contribution in [0.2, 0.25) is 0 Å². The van der Waals surface area contributed by atoms with Gasteiger partial charge in [0, 0.05) is 6.54 Å². The minimum absolute atomic E-state index is 0.582. The van der Waals surface area contributed by atoms with Gasteiger partial charge in [0.25, 0.3) is 0 Å². The van der Waals surface area contributed by atoms with Crippen molar-refractivity contribution in [3.05, 3.63) is 18.3 Å². The maximum Gasteiger partial charge on any atom is 0.123 e. The van der Waals surface area contributed by atoms with Crippen molar-refractivity contribution < 1.29 is 0 Å². The lowest BCUT2D eigenvalue weighted by atomic mass is 9.89. The highest BCUT2D eigenvalue weighted by molar-refractivity contribution is 5.45. The van der Waals surface area contributed by atoms with Crippen LogP contribution in [-0.2, 0) is 0 Å². The summed E-state index contributed by atoms with van der Waals surface area (Å²) in [6, 6.07) is 3.83. The molecule has 1 heterocycles. The molecule has 1 aromatic heterocycles. The van der Waals surface area contributed by atoms with Crippen molar-refractivity contribution in [1.82, 2.24) is 4.98 Å². The van der Waals surface area contributed by atoms with Crippen molar-refractivity contribution in [2.24, 2.45) is 5.92 Å². The van der Waals surface area contributed by atoms with Crippen molar-refractivity contribution >= 4 is 11.5 Å². The van der Waals surface area contributed by atoms with Gasteiger partial charge >= 0.3 is 0 Å². The number of rotatable bonds is 3. The molecule has 0 amide bonds. The maximum absolute atomic E-state index is 5.53. The minimum Gasteiger partial charge on any atom is -0.384 e. The summed E-state index contributed by atoms with van der Waals surface area (Å²) in [5.41, 5.74) is 6.61. The Kier molecular flexibility index (Phi) is 3.43. The second kappa shape index (κ2) is 5.01. The molecule has 0 radical (unpaired) electrons. The van der Waals surface area contributed by atoms with E-state index < -0.39 is 0 Å². The molecule has 15 heavy (non-hydrogen) atoms. The first kappa shape index (κ1) is 10.3. The highest BCUT2D eigenvalue weighted by Gasteiger charge is 2.12. The average molecular weight is 205 g/mol. The molecule has 1 saturated carbocycles. The van der Waals surface area contributed by atoms with E-state index in [0.29, 0.717) is 5.82 Å². The number of hydrogen-bond donors (Lipinski definition) is 2. The van der Waals surface area contributed by atoms with Gasteiger partial charge in [-0.05, 0) is 30.9 Å². The first-order chi connectivity index (χ1) is 7.34. The van der Waals surface area contributed by atoms with E-state index in [0.717, 1.165) is 18.2 Å². The number of nitrogen functional groups attached to an aromatic ring is 1. The zero-order valence-corrected chi connectivity index (χ0v) is 9.08. The molecule has 1 aliphatic rings. The summed E-state index contributed by atoms with van der Waals surface area (Å²) in [6.07, 6.45) is 8.75. The molecule has 82 valence electrons. The van der Waals surface area contributed by atoms with Crippen LogP contribution in [0.5, 0.6) is 0 Å². The first-order valence-electron chi connectivity index (χ1n) is 5.80. The Hall–Kier alpha value is -1.25. The fourth-order valence-corrected chi connectivity index (χ4v) is 2.16. The molecule has 0 spiro atoms. The normalized spacial score (nSPS) is 17.6. The van der Waals surface area contributed by atoms with Crippen LogP contribution in [0.1, 0.15) is 32.1 Å². The summed E-state index contributed by atoms with van der Waals surface area (Å²) < 4.78 is 0. The van der Waals surface area contributed by atoms with Crippen molar-refractivity contribution in [1.29, 1.82) is 0 Å². The van der Waals surface area contributed by atoms with Gasteiger partial charge in [0.15, 0.2) is 0 Å². The van der Waals surface area contributed by atoms with E-state index >= 15 is 0 Å². The fourth-order valence-electron chi connectivity index (χ4n) is 2.16. The number of anilines is 2. The molecule has 1 fully saturated rings. The lowest BCUT2D eigenvalue weighted by molar-refractivity contribution is 0.373. The number of nitrogens with zero attached hydrogens (tertiary/aromatic N) is 1. The lowest BCUT2D eigenvalue weighted by Gasteiger charge is -2.22. The third-order valence-corrected chi connectivity index (χ3v) is 3.11. The average Bonchev–Trinajstić information content (AvgIpc) is 2.30. The molecule has 0 atom stereocenters. The molecule has 0 bridgehead atoms. The number of aromatic nitrogens is 1. The third-order valence-electron chi connectivity index (χ3n) is 3.11. The van der Waals surface area contributed by atoms with Crippen LogP contribution in [0.3, 0.4) is 0 Å². The smallest absolute Gasteiger partial charge is 0.123 e.